The molecule has 0 aromatic heterocycles. The number of aryl methyl sites for hydroxylation is 1. The Morgan fingerprint density at radius 3 is 2.47 bits per heavy atom. The fourth-order valence-corrected chi connectivity index (χ4v) is 2.03. The Morgan fingerprint density at radius 2 is 1.94 bits per heavy atom. The number of nitrogens with zero attached hydrogens (tertiary/aromatic N) is 1. The fourth-order valence-electron chi connectivity index (χ4n) is 1.48. The molecule has 17 heavy (non-hydrogen) atoms. The smallest absolute Gasteiger partial charge is 0.136 e. The van der Waals surface area contributed by atoms with Gasteiger partial charge in [0, 0.05) is 12.6 Å². The molecule has 0 saturated carbocycles. The SMILES string of the molecule is CCc1cc(Br)c(OC)cc1OCCN(C)C. The third-order valence-electron chi connectivity index (χ3n) is 2.51. The van der Waals surface area contributed by atoms with Crippen molar-refractivity contribution in [1.82, 2.24) is 4.90 Å². The van der Waals surface area contributed by atoms with Gasteiger partial charge < -0.3 is 14.4 Å². The molecular formula is C13H20BrNO2. The third kappa shape index (κ3) is 4.21. The maximum Gasteiger partial charge on any atom is 0.136 e. The van der Waals surface area contributed by atoms with Gasteiger partial charge in [0.15, 0.2) is 0 Å². The van der Waals surface area contributed by atoms with Crippen LogP contribution in [0.15, 0.2) is 16.6 Å². The minimum Gasteiger partial charge on any atom is -0.495 e. The van der Waals surface area contributed by atoms with E-state index in [0.717, 1.165) is 28.9 Å². The molecule has 0 atom stereocenters. The van der Waals surface area contributed by atoms with E-state index in [0.29, 0.717) is 6.61 Å². The van der Waals surface area contributed by atoms with Gasteiger partial charge in [0.05, 0.1) is 11.6 Å². The van der Waals surface area contributed by atoms with E-state index in [-0.39, 0.29) is 0 Å². The lowest BCUT2D eigenvalue weighted by Gasteiger charge is -2.15. The van der Waals surface area contributed by atoms with E-state index in [1.54, 1.807) is 7.11 Å². The van der Waals surface area contributed by atoms with Gasteiger partial charge in [0.1, 0.15) is 18.1 Å². The molecule has 0 aliphatic carbocycles. The number of hydrogen-bond acceptors (Lipinski definition) is 3. The topological polar surface area (TPSA) is 21.7 Å². The first-order chi connectivity index (χ1) is 8.08. The van der Waals surface area contributed by atoms with Crippen LogP contribution in [0.1, 0.15) is 12.5 Å². The standard InChI is InChI=1S/C13H20BrNO2/c1-5-10-8-11(14)13(16-4)9-12(10)17-7-6-15(2)3/h8-9H,5-7H2,1-4H3. The molecule has 1 aromatic rings. The summed E-state index contributed by atoms with van der Waals surface area (Å²) >= 11 is 3.48. The van der Waals surface area contributed by atoms with Crippen LogP contribution in [0, 0.1) is 0 Å². The number of methoxy groups -OCH3 is 1. The minimum absolute atomic E-state index is 0.685. The molecule has 1 rings (SSSR count). The molecule has 0 aliphatic rings. The molecule has 0 unspecified atom stereocenters. The van der Waals surface area contributed by atoms with Crippen LogP contribution in [0.3, 0.4) is 0 Å². The van der Waals surface area contributed by atoms with Gasteiger partial charge in [-0.3, -0.25) is 0 Å². The first-order valence-electron chi connectivity index (χ1n) is 5.72. The van der Waals surface area contributed by atoms with E-state index >= 15 is 0 Å². The van der Waals surface area contributed by atoms with Crippen LogP contribution in [0.25, 0.3) is 0 Å². The van der Waals surface area contributed by atoms with Gasteiger partial charge in [0.25, 0.3) is 0 Å². The Kier molecular flexibility index (Phi) is 5.78. The highest BCUT2D eigenvalue weighted by atomic mass is 79.9. The van der Waals surface area contributed by atoms with Crippen molar-refractivity contribution in [3.05, 3.63) is 22.2 Å². The number of benzene rings is 1. The van der Waals surface area contributed by atoms with Gasteiger partial charge in [-0.15, -0.1) is 0 Å². The molecule has 96 valence electrons. The first kappa shape index (κ1) is 14.3. The van der Waals surface area contributed by atoms with Crippen molar-refractivity contribution in [3.8, 4) is 11.5 Å². The number of halogens is 1. The molecule has 0 radical (unpaired) electrons. The molecule has 3 nitrogen and oxygen atoms in total. The number of likely N-dealkylation sites (N-methyl/N-ethyl adjacent to an activating group) is 1. The van der Waals surface area contributed by atoms with Gasteiger partial charge in [-0.25, -0.2) is 0 Å². The molecule has 0 heterocycles. The molecule has 0 saturated heterocycles. The maximum absolute atomic E-state index is 5.79. The van der Waals surface area contributed by atoms with Crippen LogP contribution in [0.5, 0.6) is 11.5 Å². The van der Waals surface area contributed by atoms with Crippen molar-refractivity contribution in [2.75, 3.05) is 34.4 Å². The fraction of sp³-hybridized carbons (Fsp3) is 0.538. The summed E-state index contributed by atoms with van der Waals surface area (Å²) in [6, 6.07) is 4.00. The van der Waals surface area contributed by atoms with Crippen LogP contribution in [0.4, 0.5) is 0 Å². The Balaban J connectivity index is 2.81. The average molecular weight is 302 g/mol. The highest BCUT2D eigenvalue weighted by Crippen LogP contribution is 2.33. The average Bonchev–Trinajstić information content (AvgIpc) is 2.30. The number of hydrogen-bond donors (Lipinski definition) is 0. The van der Waals surface area contributed by atoms with E-state index in [4.69, 9.17) is 9.47 Å². The summed E-state index contributed by atoms with van der Waals surface area (Å²) in [6.07, 6.45) is 0.944. The van der Waals surface area contributed by atoms with Crippen molar-refractivity contribution >= 4 is 15.9 Å². The van der Waals surface area contributed by atoms with Crippen LogP contribution in [-0.2, 0) is 6.42 Å². The monoisotopic (exact) mass is 301 g/mol. The first-order valence-corrected chi connectivity index (χ1v) is 6.51. The summed E-state index contributed by atoms with van der Waals surface area (Å²) in [5.41, 5.74) is 1.19. The van der Waals surface area contributed by atoms with Gasteiger partial charge in [-0.2, -0.15) is 0 Å². The molecule has 0 aliphatic heterocycles. The molecule has 0 spiro atoms. The number of ether oxygens (including phenoxy) is 2. The van der Waals surface area contributed by atoms with Gasteiger partial charge in [-0.05, 0) is 48.1 Å². The Morgan fingerprint density at radius 1 is 1.24 bits per heavy atom. The molecule has 0 bridgehead atoms. The Bertz CT molecular complexity index is 367. The molecular weight excluding hydrogens is 282 g/mol. The summed E-state index contributed by atoms with van der Waals surface area (Å²) in [5, 5.41) is 0. The van der Waals surface area contributed by atoms with E-state index in [1.807, 2.05) is 20.2 Å². The maximum atomic E-state index is 5.79. The molecule has 0 fully saturated rings. The third-order valence-corrected chi connectivity index (χ3v) is 3.13. The quantitative estimate of drug-likeness (QED) is 0.806. The van der Waals surface area contributed by atoms with Crippen molar-refractivity contribution in [1.29, 1.82) is 0 Å². The molecule has 0 amide bonds. The zero-order valence-electron chi connectivity index (χ0n) is 10.9. The van der Waals surface area contributed by atoms with Crippen LogP contribution in [0.2, 0.25) is 0 Å². The van der Waals surface area contributed by atoms with E-state index in [1.165, 1.54) is 5.56 Å². The molecule has 1 aromatic carbocycles. The second-order valence-corrected chi connectivity index (χ2v) is 4.95. The highest BCUT2D eigenvalue weighted by molar-refractivity contribution is 9.10. The van der Waals surface area contributed by atoms with Crippen molar-refractivity contribution in [2.45, 2.75) is 13.3 Å². The molecule has 4 heteroatoms. The van der Waals surface area contributed by atoms with Gasteiger partial charge >= 0.3 is 0 Å². The van der Waals surface area contributed by atoms with Crippen LogP contribution in [-0.4, -0.2) is 39.3 Å². The zero-order valence-corrected chi connectivity index (χ0v) is 12.5. The summed E-state index contributed by atoms with van der Waals surface area (Å²) in [4.78, 5) is 2.10. The van der Waals surface area contributed by atoms with Crippen molar-refractivity contribution in [2.24, 2.45) is 0 Å². The summed E-state index contributed by atoms with van der Waals surface area (Å²) < 4.78 is 12.0. The second kappa shape index (κ2) is 6.87. The largest absolute Gasteiger partial charge is 0.495 e. The lowest BCUT2D eigenvalue weighted by molar-refractivity contribution is 0.258. The lowest BCUT2D eigenvalue weighted by Crippen LogP contribution is -2.19. The number of rotatable bonds is 6. The predicted molar refractivity (Wildman–Crippen MR) is 74.1 cm³/mol. The summed E-state index contributed by atoms with van der Waals surface area (Å²) in [7, 11) is 5.73. The van der Waals surface area contributed by atoms with Crippen molar-refractivity contribution < 1.29 is 9.47 Å². The van der Waals surface area contributed by atoms with Crippen molar-refractivity contribution in [3.63, 3.8) is 0 Å². The van der Waals surface area contributed by atoms with Gasteiger partial charge in [0.2, 0.25) is 0 Å². The normalized spacial score (nSPS) is 10.7. The summed E-state index contributed by atoms with van der Waals surface area (Å²) in [5.74, 6) is 1.72. The molecule has 0 N–H and O–H groups in total. The predicted octanol–water partition coefficient (Wildman–Crippen LogP) is 2.96. The van der Waals surface area contributed by atoms with E-state index in [2.05, 4.69) is 33.8 Å². The van der Waals surface area contributed by atoms with E-state index in [9.17, 15) is 0 Å². The highest BCUT2D eigenvalue weighted by Gasteiger charge is 2.08. The minimum atomic E-state index is 0.685. The second-order valence-electron chi connectivity index (χ2n) is 4.10. The Labute approximate surface area is 112 Å². The van der Waals surface area contributed by atoms with Crippen LogP contribution < -0.4 is 9.47 Å². The lowest BCUT2D eigenvalue weighted by atomic mass is 10.1. The van der Waals surface area contributed by atoms with E-state index < -0.39 is 0 Å². The van der Waals surface area contributed by atoms with Gasteiger partial charge in [-0.1, -0.05) is 6.92 Å². The zero-order chi connectivity index (χ0) is 12.8. The van der Waals surface area contributed by atoms with Crippen LogP contribution >= 0.6 is 15.9 Å². The summed E-state index contributed by atoms with van der Waals surface area (Å²) in [6.45, 7) is 3.71. The Hall–Kier alpha value is -0.740.